The second-order valence-electron chi connectivity index (χ2n) is 8.72. The molecule has 1 aromatic heterocycles. The van der Waals surface area contributed by atoms with Gasteiger partial charge in [0.25, 0.3) is 0 Å². The van der Waals surface area contributed by atoms with Gasteiger partial charge in [-0.1, -0.05) is 19.1 Å². The topological polar surface area (TPSA) is 54.7 Å². The van der Waals surface area contributed by atoms with Crippen LogP contribution in [0.2, 0.25) is 0 Å². The summed E-state index contributed by atoms with van der Waals surface area (Å²) in [5.41, 5.74) is 4.14. The van der Waals surface area contributed by atoms with Crippen LogP contribution in [-0.2, 0) is 22.5 Å². The second-order valence-corrected chi connectivity index (χ2v) is 8.72. The van der Waals surface area contributed by atoms with Crippen LogP contribution < -0.4 is 0 Å². The summed E-state index contributed by atoms with van der Waals surface area (Å²) in [5.74, 6) is 0.00837. The maximum atomic E-state index is 12.7. The number of piperidine rings is 1. The Labute approximate surface area is 167 Å². The summed E-state index contributed by atoms with van der Waals surface area (Å²) in [4.78, 5) is 15.1. The summed E-state index contributed by atoms with van der Waals surface area (Å²) in [5, 5.41) is 11.1. The number of aliphatic hydroxyl groups is 1. The highest BCUT2D eigenvalue weighted by molar-refractivity contribution is 5.89. The lowest BCUT2D eigenvalue weighted by atomic mass is 9.72. The van der Waals surface area contributed by atoms with Crippen molar-refractivity contribution < 1.29 is 14.6 Å². The minimum Gasteiger partial charge on any atom is -0.460 e. The Bertz CT molecular complexity index is 872. The van der Waals surface area contributed by atoms with Gasteiger partial charge in [-0.25, -0.2) is 0 Å². The van der Waals surface area contributed by atoms with Gasteiger partial charge in [-0.05, 0) is 57.4 Å². The number of aromatic nitrogens is 1. The number of aliphatic hydroxyl groups excluding tert-OH is 1. The molecule has 0 radical (unpaired) electrons. The van der Waals surface area contributed by atoms with Crippen LogP contribution in [0.3, 0.4) is 0 Å². The van der Waals surface area contributed by atoms with Gasteiger partial charge in [0.1, 0.15) is 6.10 Å². The highest BCUT2D eigenvalue weighted by Crippen LogP contribution is 2.45. The number of rotatable bonds is 5. The molecule has 1 saturated heterocycles. The van der Waals surface area contributed by atoms with Crippen molar-refractivity contribution in [1.82, 2.24) is 9.47 Å². The van der Waals surface area contributed by atoms with Gasteiger partial charge in [-0.3, -0.25) is 4.79 Å². The zero-order valence-corrected chi connectivity index (χ0v) is 17.4. The molecule has 0 amide bonds. The van der Waals surface area contributed by atoms with Crippen LogP contribution in [0.25, 0.3) is 10.9 Å². The van der Waals surface area contributed by atoms with Crippen LogP contribution in [0.1, 0.15) is 50.7 Å². The van der Waals surface area contributed by atoms with Gasteiger partial charge < -0.3 is 19.3 Å². The molecule has 2 aliphatic rings. The van der Waals surface area contributed by atoms with Crippen molar-refractivity contribution in [2.45, 2.75) is 70.7 Å². The van der Waals surface area contributed by atoms with Crippen LogP contribution in [0.5, 0.6) is 0 Å². The first-order valence-electron chi connectivity index (χ1n) is 10.6. The number of carbonyl (C=O) groups excluding carboxylic acids is 1. The molecule has 0 saturated carbocycles. The van der Waals surface area contributed by atoms with Gasteiger partial charge in [0, 0.05) is 42.1 Å². The van der Waals surface area contributed by atoms with Gasteiger partial charge in [-0.2, -0.15) is 0 Å². The third-order valence-electron chi connectivity index (χ3n) is 6.70. The molecule has 1 N–H and O–H groups in total. The van der Waals surface area contributed by atoms with Gasteiger partial charge >= 0.3 is 5.97 Å². The first-order chi connectivity index (χ1) is 13.4. The van der Waals surface area contributed by atoms with Crippen molar-refractivity contribution >= 4 is 16.9 Å². The number of benzene rings is 1. The van der Waals surface area contributed by atoms with E-state index in [1.54, 1.807) is 13.8 Å². The Morgan fingerprint density at radius 3 is 2.86 bits per heavy atom. The second kappa shape index (κ2) is 7.53. The van der Waals surface area contributed by atoms with E-state index in [2.05, 4.69) is 47.8 Å². The molecule has 4 rings (SSSR count). The van der Waals surface area contributed by atoms with Crippen LogP contribution in [0.4, 0.5) is 0 Å². The normalized spacial score (nSPS) is 26.7. The number of fused-ring (bicyclic) bond motifs is 2. The fourth-order valence-corrected chi connectivity index (χ4v) is 5.09. The van der Waals surface area contributed by atoms with Gasteiger partial charge in [0.05, 0.1) is 12.0 Å². The SMILES string of the molecule is CCCn1cc2c3c(cccc31)C1CC(C(=O)OC(C)C(C)O)CN(C)C1C2. The third kappa shape index (κ3) is 3.25. The van der Waals surface area contributed by atoms with E-state index in [9.17, 15) is 9.90 Å². The number of hydrogen-bond acceptors (Lipinski definition) is 4. The highest BCUT2D eigenvalue weighted by Gasteiger charge is 2.42. The van der Waals surface area contributed by atoms with Crippen LogP contribution in [0.15, 0.2) is 24.4 Å². The molecule has 2 aromatic rings. The van der Waals surface area contributed by atoms with Gasteiger partial charge in [-0.15, -0.1) is 0 Å². The Hall–Kier alpha value is -1.85. The van der Waals surface area contributed by atoms with Crippen molar-refractivity contribution in [3.63, 3.8) is 0 Å². The number of likely N-dealkylation sites (tertiary alicyclic amines) is 1. The van der Waals surface area contributed by atoms with E-state index >= 15 is 0 Å². The quantitative estimate of drug-likeness (QED) is 0.804. The fourth-order valence-electron chi connectivity index (χ4n) is 5.09. The highest BCUT2D eigenvalue weighted by atomic mass is 16.6. The molecule has 1 aliphatic carbocycles. The lowest BCUT2D eigenvalue weighted by Gasteiger charge is -2.45. The Morgan fingerprint density at radius 2 is 2.14 bits per heavy atom. The number of esters is 1. The van der Waals surface area contributed by atoms with Crippen LogP contribution >= 0.6 is 0 Å². The summed E-state index contributed by atoms with van der Waals surface area (Å²) in [6.45, 7) is 7.38. The first kappa shape index (κ1) is 19.5. The molecule has 5 heteroatoms. The summed E-state index contributed by atoms with van der Waals surface area (Å²) < 4.78 is 7.93. The lowest BCUT2D eigenvalue weighted by molar-refractivity contribution is -0.160. The molecule has 5 nitrogen and oxygen atoms in total. The molecule has 1 aromatic carbocycles. The Morgan fingerprint density at radius 1 is 1.36 bits per heavy atom. The van der Waals surface area contributed by atoms with E-state index < -0.39 is 12.2 Å². The van der Waals surface area contributed by atoms with Gasteiger partial charge in [0.2, 0.25) is 0 Å². The average Bonchev–Trinajstić information content (AvgIpc) is 3.01. The minimum absolute atomic E-state index is 0.151. The standard InChI is InChI=1S/C23H32N2O3/c1-5-9-25-13-16-11-21-19(18-7-6-8-20(25)22(16)18)10-17(12-24(21)4)23(27)28-15(3)14(2)26/h6-8,13-15,17,19,21,26H,5,9-12H2,1-4H3. The van der Waals surface area contributed by atoms with E-state index in [-0.39, 0.29) is 11.9 Å². The molecule has 28 heavy (non-hydrogen) atoms. The maximum Gasteiger partial charge on any atom is 0.310 e. The summed E-state index contributed by atoms with van der Waals surface area (Å²) in [6.07, 6.45) is 4.19. The zero-order chi connectivity index (χ0) is 20.0. The maximum absolute atomic E-state index is 12.7. The van der Waals surface area contributed by atoms with E-state index in [0.29, 0.717) is 18.5 Å². The molecule has 0 bridgehead atoms. The van der Waals surface area contributed by atoms with Gasteiger partial charge in [0.15, 0.2) is 0 Å². The van der Waals surface area contributed by atoms with Crippen LogP contribution in [-0.4, -0.2) is 52.4 Å². The van der Waals surface area contributed by atoms with Crippen molar-refractivity contribution in [1.29, 1.82) is 0 Å². The molecule has 5 atom stereocenters. The van der Waals surface area contributed by atoms with E-state index in [1.165, 1.54) is 22.0 Å². The summed E-state index contributed by atoms with van der Waals surface area (Å²) in [6, 6.07) is 7.06. The van der Waals surface area contributed by atoms with Crippen molar-refractivity contribution in [2.75, 3.05) is 13.6 Å². The molecule has 152 valence electrons. The number of nitrogens with zero attached hydrogens (tertiary/aromatic N) is 2. The molecule has 0 spiro atoms. The minimum atomic E-state index is -0.651. The van der Waals surface area contributed by atoms with E-state index in [1.807, 2.05) is 0 Å². The molecule has 1 aliphatic heterocycles. The smallest absolute Gasteiger partial charge is 0.310 e. The Balaban J connectivity index is 1.65. The number of carbonyl (C=O) groups is 1. The van der Waals surface area contributed by atoms with Crippen LogP contribution in [0, 0.1) is 5.92 Å². The van der Waals surface area contributed by atoms with E-state index in [4.69, 9.17) is 4.74 Å². The molecule has 2 heterocycles. The molecule has 5 unspecified atom stereocenters. The molecular formula is C23H32N2O3. The number of hydrogen-bond donors (Lipinski definition) is 1. The summed E-state index contributed by atoms with van der Waals surface area (Å²) in [7, 11) is 2.13. The average molecular weight is 385 g/mol. The third-order valence-corrected chi connectivity index (χ3v) is 6.70. The number of ether oxygens (including phenoxy) is 1. The molecular weight excluding hydrogens is 352 g/mol. The number of likely N-dealkylation sites (N-methyl/N-ethyl adjacent to an activating group) is 1. The predicted octanol–water partition coefficient (Wildman–Crippen LogP) is 3.32. The first-order valence-corrected chi connectivity index (χ1v) is 10.6. The van der Waals surface area contributed by atoms with Crippen molar-refractivity contribution in [3.8, 4) is 0 Å². The molecule has 1 fully saturated rings. The summed E-state index contributed by atoms with van der Waals surface area (Å²) >= 11 is 0. The van der Waals surface area contributed by atoms with Crippen molar-refractivity contribution in [2.24, 2.45) is 5.92 Å². The zero-order valence-electron chi connectivity index (χ0n) is 17.4. The van der Waals surface area contributed by atoms with E-state index in [0.717, 1.165) is 25.8 Å². The number of aryl methyl sites for hydroxylation is 1. The monoisotopic (exact) mass is 384 g/mol. The lowest BCUT2D eigenvalue weighted by Crippen LogP contribution is -2.50. The Kier molecular flexibility index (Phi) is 5.23. The largest absolute Gasteiger partial charge is 0.460 e. The fraction of sp³-hybridized carbons (Fsp3) is 0.609. The predicted molar refractivity (Wildman–Crippen MR) is 110 cm³/mol. The van der Waals surface area contributed by atoms with Crippen molar-refractivity contribution in [3.05, 3.63) is 35.5 Å².